The second kappa shape index (κ2) is 11.1. The van der Waals surface area contributed by atoms with Crippen LogP contribution in [0.4, 0.5) is 5.69 Å². The van der Waals surface area contributed by atoms with Gasteiger partial charge < -0.3 is 15.5 Å². The lowest BCUT2D eigenvalue weighted by atomic mass is 9.96. The van der Waals surface area contributed by atoms with Crippen LogP contribution in [-0.2, 0) is 20.8 Å². The number of nitrogens with one attached hydrogen (secondary N) is 2. The Kier molecular flexibility index (Phi) is 7.98. The van der Waals surface area contributed by atoms with E-state index in [2.05, 4.69) is 10.6 Å². The van der Waals surface area contributed by atoms with Crippen molar-refractivity contribution >= 4 is 29.5 Å². The van der Waals surface area contributed by atoms with E-state index in [9.17, 15) is 14.4 Å². The van der Waals surface area contributed by atoms with Crippen molar-refractivity contribution in [1.82, 2.24) is 10.2 Å². The van der Waals surface area contributed by atoms with E-state index in [0.717, 1.165) is 23.2 Å². The summed E-state index contributed by atoms with van der Waals surface area (Å²) in [6, 6.07) is 17.3. The van der Waals surface area contributed by atoms with Crippen LogP contribution in [0.5, 0.6) is 0 Å². The standard InChI is InChI=1S/C25H29N3O3/c1-2-20-10-6-7-11-22(20)27-23(29)18-26-25(31)21-14-16-28(17-15-21)24(30)13-12-19-8-4-3-5-9-19/h3-13,21H,2,14-18H2,1H3,(H,26,31)(H,27,29). The summed E-state index contributed by atoms with van der Waals surface area (Å²) in [7, 11) is 0. The van der Waals surface area contributed by atoms with Crippen LogP contribution in [0.2, 0.25) is 0 Å². The van der Waals surface area contributed by atoms with E-state index in [-0.39, 0.29) is 30.2 Å². The number of amides is 3. The number of piperidine rings is 1. The van der Waals surface area contributed by atoms with Crippen LogP contribution in [-0.4, -0.2) is 42.3 Å². The fourth-order valence-electron chi connectivity index (χ4n) is 3.66. The van der Waals surface area contributed by atoms with Crippen molar-refractivity contribution in [3.8, 4) is 0 Å². The topological polar surface area (TPSA) is 78.5 Å². The molecule has 0 bridgehead atoms. The van der Waals surface area contributed by atoms with Crippen LogP contribution in [0.1, 0.15) is 30.9 Å². The normalized spacial score (nSPS) is 14.4. The molecular formula is C25H29N3O3. The van der Waals surface area contributed by atoms with Crippen molar-refractivity contribution in [2.45, 2.75) is 26.2 Å². The van der Waals surface area contributed by atoms with Crippen molar-refractivity contribution in [2.75, 3.05) is 25.0 Å². The van der Waals surface area contributed by atoms with Gasteiger partial charge in [0.1, 0.15) is 0 Å². The molecule has 162 valence electrons. The molecule has 0 saturated carbocycles. The number of carbonyl (C=O) groups excluding carboxylic acids is 3. The van der Waals surface area contributed by atoms with Crippen LogP contribution in [0.3, 0.4) is 0 Å². The maximum atomic E-state index is 12.5. The molecule has 1 heterocycles. The number of benzene rings is 2. The van der Waals surface area contributed by atoms with Crippen molar-refractivity contribution < 1.29 is 14.4 Å². The van der Waals surface area contributed by atoms with E-state index in [1.807, 2.05) is 61.5 Å². The van der Waals surface area contributed by atoms with Crippen LogP contribution < -0.4 is 10.6 Å². The molecule has 1 saturated heterocycles. The van der Waals surface area contributed by atoms with Gasteiger partial charge in [-0.2, -0.15) is 0 Å². The summed E-state index contributed by atoms with van der Waals surface area (Å²) in [6.07, 6.45) is 5.39. The lowest BCUT2D eigenvalue weighted by Crippen LogP contribution is -2.44. The summed E-state index contributed by atoms with van der Waals surface area (Å²) in [5.74, 6) is -0.603. The van der Waals surface area contributed by atoms with Gasteiger partial charge in [-0.05, 0) is 42.5 Å². The van der Waals surface area contributed by atoms with Crippen molar-refractivity contribution in [3.63, 3.8) is 0 Å². The smallest absolute Gasteiger partial charge is 0.246 e. The van der Waals surface area contributed by atoms with Gasteiger partial charge in [0.15, 0.2) is 0 Å². The molecule has 0 aliphatic carbocycles. The Balaban J connectivity index is 1.41. The highest BCUT2D eigenvalue weighted by Crippen LogP contribution is 2.18. The molecule has 3 rings (SSSR count). The lowest BCUT2D eigenvalue weighted by Gasteiger charge is -2.30. The number of anilines is 1. The molecular weight excluding hydrogens is 390 g/mol. The van der Waals surface area contributed by atoms with Crippen LogP contribution in [0, 0.1) is 5.92 Å². The Hall–Kier alpha value is -3.41. The van der Waals surface area contributed by atoms with Crippen molar-refractivity contribution in [2.24, 2.45) is 5.92 Å². The number of likely N-dealkylation sites (tertiary alicyclic amines) is 1. The van der Waals surface area contributed by atoms with Gasteiger partial charge in [0, 0.05) is 30.8 Å². The molecule has 31 heavy (non-hydrogen) atoms. The van der Waals surface area contributed by atoms with E-state index < -0.39 is 0 Å². The van der Waals surface area contributed by atoms with Crippen LogP contribution in [0.25, 0.3) is 6.08 Å². The monoisotopic (exact) mass is 419 g/mol. The van der Waals surface area contributed by atoms with Crippen molar-refractivity contribution in [1.29, 1.82) is 0 Å². The zero-order chi connectivity index (χ0) is 22.1. The molecule has 0 aromatic heterocycles. The SMILES string of the molecule is CCc1ccccc1NC(=O)CNC(=O)C1CCN(C(=O)C=Cc2ccccc2)CC1. The number of aryl methyl sites for hydroxylation is 1. The molecule has 1 fully saturated rings. The fraction of sp³-hybridized carbons (Fsp3) is 0.320. The number of hydrogen-bond donors (Lipinski definition) is 2. The number of carbonyl (C=O) groups is 3. The molecule has 1 aliphatic rings. The van der Waals surface area contributed by atoms with E-state index in [4.69, 9.17) is 0 Å². The van der Waals surface area contributed by atoms with Gasteiger partial charge in [0.2, 0.25) is 17.7 Å². The first-order chi connectivity index (χ1) is 15.1. The maximum absolute atomic E-state index is 12.5. The minimum absolute atomic E-state index is 0.0447. The summed E-state index contributed by atoms with van der Waals surface area (Å²) in [5.41, 5.74) is 2.81. The average Bonchev–Trinajstić information content (AvgIpc) is 2.82. The third kappa shape index (κ3) is 6.54. The summed E-state index contributed by atoms with van der Waals surface area (Å²) in [5, 5.41) is 5.59. The predicted molar refractivity (Wildman–Crippen MR) is 122 cm³/mol. The number of nitrogens with zero attached hydrogens (tertiary/aromatic N) is 1. The van der Waals surface area contributed by atoms with E-state index in [1.165, 1.54) is 0 Å². The van der Waals surface area contributed by atoms with E-state index in [1.54, 1.807) is 17.1 Å². The maximum Gasteiger partial charge on any atom is 0.246 e. The largest absolute Gasteiger partial charge is 0.347 e. The molecule has 6 heteroatoms. The highest BCUT2D eigenvalue weighted by molar-refractivity contribution is 5.95. The van der Waals surface area contributed by atoms with Gasteiger partial charge in [-0.25, -0.2) is 0 Å². The Bertz CT molecular complexity index is 932. The molecule has 6 nitrogen and oxygen atoms in total. The molecule has 0 spiro atoms. The number of hydrogen-bond acceptors (Lipinski definition) is 3. The lowest BCUT2D eigenvalue weighted by molar-refractivity contribution is -0.132. The number of rotatable bonds is 7. The Labute approximate surface area is 183 Å². The van der Waals surface area contributed by atoms with E-state index in [0.29, 0.717) is 25.9 Å². The molecule has 3 amide bonds. The summed E-state index contributed by atoms with van der Waals surface area (Å²) in [6.45, 7) is 3.04. The first kappa shape index (κ1) is 22.3. The minimum atomic E-state index is -0.243. The first-order valence-corrected chi connectivity index (χ1v) is 10.7. The molecule has 0 radical (unpaired) electrons. The van der Waals surface area contributed by atoms with Gasteiger partial charge in [-0.1, -0.05) is 55.5 Å². The molecule has 2 N–H and O–H groups in total. The molecule has 0 atom stereocenters. The summed E-state index contributed by atoms with van der Waals surface area (Å²) < 4.78 is 0. The van der Waals surface area contributed by atoms with E-state index >= 15 is 0 Å². The molecule has 2 aromatic carbocycles. The molecule has 1 aliphatic heterocycles. The van der Waals surface area contributed by atoms with Gasteiger partial charge >= 0.3 is 0 Å². The van der Waals surface area contributed by atoms with Gasteiger partial charge in [0.05, 0.1) is 6.54 Å². The van der Waals surface area contributed by atoms with Crippen LogP contribution in [0.15, 0.2) is 60.7 Å². The highest BCUT2D eigenvalue weighted by Gasteiger charge is 2.26. The zero-order valence-electron chi connectivity index (χ0n) is 17.8. The van der Waals surface area contributed by atoms with Gasteiger partial charge in [0.25, 0.3) is 0 Å². The van der Waals surface area contributed by atoms with Gasteiger partial charge in [-0.3, -0.25) is 14.4 Å². The first-order valence-electron chi connectivity index (χ1n) is 10.7. The second-order valence-electron chi connectivity index (χ2n) is 7.62. The number of para-hydroxylation sites is 1. The Morgan fingerprint density at radius 2 is 1.68 bits per heavy atom. The fourth-order valence-corrected chi connectivity index (χ4v) is 3.66. The Morgan fingerprint density at radius 1 is 1.00 bits per heavy atom. The molecule has 2 aromatic rings. The predicted octanol–water partition coefficient (Wildman–Crippen LogP) is 3.26. The average molecular weight is 420 g/mol. The quantitative estimate of drug-likeness (QED) is 0.676. The zero-order valence-corrected chi connectivity index (χ0v) is 17.8. The van der Waals surface area contributed by atoms with Gasteiger partial charge in [-0.15, -0.1) is 0 Å². The molecule has 0 unspecified atom stereocenters. The van der Waals surface area contributed by atoms with Crippen molar-refractivity contribution in [3.05, 3.63) is 71.8 Å². The highest BCUT2D eigenvalue weighted by atomic mass is 16.2. The summed E-state index contributed by atoms with van der Waals surface area (Å²) >= 11 is 0. The van der Waals surface area contributed by atoms with Crippen LogP contribution >= 0.6 is 0 Å². The third-order valence-corrected chi connectivity index (χ3v) is 5.49. The second-order valence-corrected chi connectivity index (χ2v) is 7.62. The minimum Gasteiger partial charge on any atom is -0.347 e. The summed E-state index contributed by atoms with van der Waals surface area (Å²) in [4.78, 5) is 38.8. The third-order valence-electron chi connectivity index (χ3n) is 5.49. The Morgan fingerprint density at radius 3 is 2.39 bits per heavy atom.